The zero-order valence-electron chi connectivity index (χ0n) is 10.6. The molecule has 108 valence electrons. The number of hydrogen-bond donors (Lipinski definition) is 2. The molecule has 0 aromatic heterocycles. The average molecular weight is 306 g/mol. The van der Waals surface area contributed by atoms with Crippen LogP contribution in [0.5, 0.6) is 0 Å². The predicted octanol–water partition coefficient (Wildman–Crippen LogP) is 2.82. The van der Waals surface area contributed by atoms with E-state index in [1.807, 2.05) is 0 Å². The van der Waals surface area contributed by atoms with Crippen molar-refractivity contribution in [1.29, 1.82) is 0 Å². The van der Waals surface area contributed by atoms with Crippen LogP contribution in [0.15, 0.2) is 46.2 Å². The van der Waals surface area contributed by atoms with Crippen LogP contribution in [0.25, 0.3) is 0 Å². The van der Waals surface area contributed by atoms with Crippen molar-refractivity contribution < 1.29 is 9.85 Å². The van der Waals surface area contributed by atoms with E-state index < -0.39 is 9.85 Å². The van der Waals surface area contributed by atoms with Crippen LogP contribution < -0.4 is 11.5 Å². The molecular formula is C12H10N4O4S. The van der Waals surface area contributed by atoms with Gasteiger partial charge in [-0.2, -0.15) is 0 Å². The Balaban J connectivity index is 2.54. The zero-order chi connectivity index (χ0) is 15.6. The molecular weight excluding hydrogens is 296 g/mol. The molecule has 0 spiro atoms. The molecule has 0 saturated heterocycles. The molecule has 0 fully saturated rings. The number of hydrogen-bond acceptors (Lipinski definition) is 7. The van der Waals surface area contributed by atoms with Crippen molar-refractivity contribution in [3.05, 3.63) is 56.6 Å². The number of nitrogens with zero attached hydrogens (tertiary/aromatic N) is 2. The van der Waals surface area contributed by atoms with E-state index in [2.05, 4.69) is 0 Å². The van der Waals surface area contributed by atoms with Gasteiger partial charge in [0.1, 0.15) is 11.4 Å². The molecule has 4 N–H and O–H groups in total. The van der Waals surface area contributed by atoms with Crippen LogP contribution in [0.4, 0.5) is 22.7 Å². The summed E-state index contributed by atoms with van der Waals surface area (Å²) in [6, 6.07) is 8.84. The fourth-order valence-electron chi connectivity index (χ4n) is 1.75. The fourth-order valence-corrected chi connectivity index (χ4v) is 2.86. The first-order valence-electron chi connectivity index (χ1n) is 5.65. The monoisotopic (exact) mass is 306 g/mol. The standard InChI is InChI=1S/C12H10N4O4S/c13-7-3-1-5-9(11(7)15(17)18)21-10-6-2-4-8(14)12(10)16(19)20/h1-6H,13-14H2. The quantitative estimate of drug-likeness (QED) is 0.503. The van der Waals surface area contributed by atoms with Crippen LogP contribution in [0, 0.1) is 20.2 Å². The maximum Gasteiger partial charge on any atom is 0.305 e. The molecule has 0 unspecified atom stereocenters. The van der Waals surface area contributed by atoms with Crippen LogP contribution in [0.2, 0.25) is 0 Å². The van der Waals surface area contributed by atoms with Crippen molar-refractivity contribution in [3.63, 3.8) is 0 Å². The normalized spacial score (nSPS) is 10.3. The first-order chi connectivity index (χ1) is 9.91. The summed E-state index contributed by atoms with van der Waals surface area (Å²) >= 11 is 0.882. The van der Waals surface area contributed by atoms with Crippen LogP contribution >= 0.6 is 11.8 Å². The maximum atomic E-state index is 11.1. The van der Waals surface area contributed by atoms with Crippen LogP contribution in [0.3, 0.4) is 0 Å². The third kappa shape index (κ3) is 2.87. The third-order valence-corrected chi connectivity index (χ3v) is 3.74. The van der Waals surface area contributed by atoms with Gasteiger partial charge in [-0.05, 0) is 24.3 Å². The van der Waals surface area contributed by atoms with Gasteiger partial charge in [0, 0.05) is 0 Å². The van der Waals surface area contributed by atoms with Crippen LogP contribution in [-0.2, 0) is 0 Å². The smallest absolute Gasteiger partial charge is 0.305 e. The second-order valence-electron chi connectivity index (χ2n) is 4.00. The van der Waals surface area contributed by atoms with E-state index in [9.17, 15) is 20.2 Å². The summed E-state index contributed by atoms with van der Waals surface area (Å²) < 4.78 is 0. The molecule has 9 heteroatoms. The average Bonchev–Trinajstić information content (AvgIpc) is 2.37. The minimum Gasteiger partial charge on any atom is -0.393 e. The highest BCUT2D eigenvalue weighted by Crippen LogP contribution is 2.42. The predicted molar refractivity (Wildman–Crippen MR) is 79.1 cm³/mol. The molecule has 0 bridgehead atoms. The lowest BCUT2D eigenvalue weighted by molar-refractivity contribution is -0.387. The summed E-state index contributed by atoms with van der Waals surface area (Å²) in [6.45, 7) is 0. The Bertz CT molecular complexity index is 674. The SMILES string of the molecule is Nc1cccc(Sc2cccc(N)c2[N+](=O)[O-])c1[N+](=O)[O-]. The molecule has 0 aliphatic carbocycles. The number of nitrogens with two attached hydrogens (primary N) is 2. The van der Waals surface area contributed by atoms with Gasteiger partial charge < -0.3 is 11.5 Å². The van der Waals surface area contributed by atoms with Gasteiger partial charge in [-0.3, -0.25) is 20.2 Å². The lowest BCUT2D eigenvalue weighted by atomic mass is 10.3. The van der Waals surface area contributed by atoms with E-state index >= 15 is 0 Å². The first-order valence-corrected chi connectivity index (χ1v) is 6.47. The fraction of sp³-hybridized carbons (Fsp3) is 0. The summed E-state index contributed by atoms with van der Waals surface area (Å²) in [7, 11) is 0. The van der Waals surface area contributed by atoms with E-state index in [1.54, 1.807) is 12.1 Å². The number of anilines is 2. The van der Waals surface area contributed by atoms with Gasteiger partial charge in [0.2, 0.25) is 0 Å². The number of nitrogen functional groups attached to an aromatic ring is 2. The summed E-state index contributed by atoms with van der Waals surface area (Å²) in [5.74, 6) is 0. The van der Waals surface area contributed by atoms with E-state index in [-0.39, 0.29) is 32.5 Å². The lowest BCUT2D eigenvalue weighted by Crippen LogP contribution is -1.99. The second-order valence-corrected chi connectivity index (χ2v) is 5.09. The largest absolute Gasteiger partial charge is 0.393 e. The van der Waals surface area contributed by atoms with Crippen molar-refractivity contribution in [2.45, 2.75) is 9.79 Å². The molecule has 0 amide bonds. The summed E-state index contributed by atoms with van der Waals surface area (Å²) in [4.78, 5) is 21.3. The van der Waals surface area contributed by atoms with Crippen molar-refractivity contribution >= 4 is 34.5 Å². The van der Waals surface area contributed by atoms with Crippen molar-refractivity contribution in [2.75, 3.05) is 11.5 Å². The second kappa shape index (κ2) is 5.67. The molecule has 21 heavy (non-hydrogen) atoms. The van der Waals surface area contributed by atoms with Crippen LogP contribution in [0.1, 0.15) is 0 Å². The Morgan fingerprint density at radius 3 is 1.52 bits per heavy atom. The highest BCUT2D eigenvalue weighted by molar-refractivity contribution is 7.99. The molecule has 8 nitrogen and oxygen atoms in total. The van der Waals surface area contributed by atoms with Gasteiger partial charge >= 0.3 is 11.4 Å². The number of rotatable bonds is 4. The molecule has 0 aliphatic heterocycles. The third-order valence-electron chi connectivity index (χ3n) is 2.65. The zero-order valence-corrected chi connectivity index (χ0v) is 11.4. The van der Waals surface area contributed by atoms with Gasteiger partial charge in [-0.1, -0.05) is 23.9 Å². The molecule has 0 radical (unpaired) electrons. The van der Waals surface area contributed by atoms with Gasteiger partial charge in [0.15, 0.2) is 0 Å². The molecule has 2 aromatic carbocycles. The summed E-state index contributed by atoms with van der Waals surface area (Å²) in [5, 5.41) is 22.1. The Hall–Kier alpha value is -2.81. The summed E-state index contributed by atoms with van der Waals surface area (Å²) in [6.07, 6.45) is 0. The molecule has 2 rings (SSSR count). The highest BCUT2D eigenvalue weighted by atomic mass is 32.2. The van der Waals surface area contributed by atoms with Crippen molar-refractivity contribution in [3.8, 4) is 0 Å². The molecule has 0 atom stereocenters. The van der Waals surface area contributed by atoms with Gasteiger partial charge in [-0.25, -0.2) is 0 Å². The number of para-hydroxylation sites is 2. The Kier molecular flexibility index (Phi) is 3.94. The Morgan fingerprint density at radius 2 is 1.19 bits per heavy atom. The molecule has 0 saturated carbocycles. The van der Waals surface area contributed by atoms with E-state index in [1.165, 1.54) is 24.3 Å². The minimum atomic E-state index is -0.615. The first kappa shape index (κ1) is 14.6. The van der Waals surface area contributed by atoms with Crippen molar-refractivity contribution in [1.82, 2.24) is 0 Å². The van der Waals surface area contributed by atoms with Gasteiger partial charge in [0.05, 0.1) is 19.6 Å². The molecule has 0 heterocycles. The number of nitro benzene ring substituents is 2. The van der Waals surface area contributed by atoms with Gasteiger partial charge in [0.25, 0.3) is 0 Å². The topological polar surface area (TPSA) is 138 Å². The molecule has 0 aliphatic rings. The Labute approximate surface area is 123 Å². The minimum absolute atomic E-state index is 0.00319. The van der Waals surface area contributed by atoms with E-state index in [0.717, 1.165) is 11.8 Å². The lowest BCUT2D eigenvalue weighted by Gasteiger charge is -2.06. The Morgan fingerprint density at radius 1 is 0.810 bits per heavy atom. The van der Waals surface area contributed by atoms with Crippen molar-refractivity contribution in [2.24, 2.45) is 0 Å². The molecule has 2 aromatic rings. The van der Waals surface area contributed by atoms with E-state index in [4.69, 9.17) is 11.5 Å². The number of nitro groups is 2. The highest BCUT2D eigenvalue weighted by Gasteiger charge is 2.23. The summed E-state index contributed by atoms with van der Waals surface area (Å²) in [5.41, 5.74) is 10.6. The number of benzene rings is 2. The van der Waals surface area contributed by atoms with E-state index in [0.29, 0.717) is 0 Å². The maximum absolute atomic E-state index is 11.1. The van der Waals surface area contributed by atoms with Crippen LogP contribution in [-0.4, -0.2) is 9.85 Å². The van der Waals surface area contributed by atoms with Gasteiger partial charge in [-0.15, -0.1) is 0 Å².